The summed E-state index contributed by atoms with van der Waals surface area (Å²) < 4.78 is 0. The van der Waals surface area contributed by atoms with Crippen LogP contribution < -0.4 is 11.1 Å². The Bertz CT molecular complexity index is 677. The highest BCUT2D eigenvalue weighted by atomic mass is 35.5. The van der Waals surface area contributed by atoms with Gasteiger partial charge in [0.25, 0.3) is 0 Å². The number of hydrogen-bond donors (Lipinski definition) is 2. The second kappa shape index (κ2) is 7.07. The van der Waals surface area contributed by atoms with Crippen LogP contribution in [0, 0.1) is 6.92 Å². The van der Waals surface area contributed by atoms with Crippen molar-refractivity contribution in [2.24, 2.45) is 0 Å². The van der Waals surface area contributed by atoms with Gasteiger partial charge in [0.2, 0.25) is 5.91 Å². The van der Waals surface area contributed by atoms with Gasteiger partial charge in [-0.3, -0.25) is 4.79 Å². The van der Waals surface area contributed by atoms with Gasteiger partial charge >= 0.3 is 0 Å². The van der Waals surface area contributed by atoms with Crippen LogP contribution in [0.1, 0.15) is 5.56 Å². The lowest BCUT2D eigenvalue weighted by molar-refractivity contribution is -0.113. The van der Waals surface area contributed by atoms with Gasteiger partial charge in [0.15, 0.2) is 0 Å². The summed E-state index contributed by atoms with van der Waals surface area (Å²) in [5.74, 6) is 0.185. The van der Waals surface area contributed by atoms with Gasteiger partial charge in [0.05, 0.1) is 15.8 Å². The lowest BCUT2D eigenvalue weighted by Gasteiger charge is -2.09. The monoisotopic (exact) mass is 340 g/mol. The first-order chi connectivity index (χ1) is 9.97. The summed E-state index contributed by atoms with van der Waals surface area (Å²) in [6, 6.07) is 10.6. The SMILES string of the molecule is Cc1c(N)cccc1SCC(=O)Nc1ccc(Cl)c(Cl)c1. The van der Waals surface area contributed by atoms with Crippen LogP contribution in [-0.4, -0.2) is 11.7 Å². The zero-order valence-electron chi connectivity index (χ0n) is 11.3. The first-order valence-electron chi connectivity index (χ1n) is 6.20. The van der Waals surface area contributed by atoms with Gasteiger partial charge < -0.3 is 11.1 Å². The van der Waals surface area contributed by atoms with Gasteiger partial charge in [-0.1, -0.05) is 29.3 Å². The maximum atomic E-state index is 11.9. The fraction of sp³-hybridized carbons (Fsp3) is 0.133. The molecular weight excluding hydrogens is 327 g/mol. The second-order valence-corrected chi connectivity index (χ2v) is 6.27. The van der Waals surface area contributed by atoms with E-state index in [1.54, 1.807) is 18.2 Å². The summed E-state index contributed by atoms with van der Waals surface area (Å²) >= 11 is 13.2. The van der Waals surface area contributed by atoms with E-state index in [1.165, 1.54) is 11.8 Å². The molecule has 0 aliphatic rings. The Morgan fingerprint density at radius 3 is 2.71 bits per heavy atom. The summed E-state index contributed by atoms with van der Waals surface area (Å²) in [5, 5.41) is 3.65. The average Bonchev–Trinajstić information content (AvgIpc) is 2.44. The number of thioether (sulfide) groups is 1. The summed E-state index contributed by atoms with van der Waals surface area (Å²) in [6.07, 6.45) is 0. The molecule has 3 nitrogen and oxygen atoms in total. The number of anilines is 2. The summed E-state index contributed by atoms with van der Waals surface area (Å²) in [7, 11) is 0. The molecule has 2 rings (SSSR count). The van der Waals surface area contributed by atoms with E-state index in [0.717, 1.165) is 16.1 Å². The van der Waals surface area contributed by atoms with Crippen LogP contribution in [0.15, 0.2) is 41.3 Å². The molecule has 3 N–H and O–H groups in total. The minimum absolute atomic E-state index is 0.111. The molecule has 6 heteroatoms. The molecule has 1 amide bonds. The molecule has 0 bridgehead atoms. The third-order valence-corrected chi connectivity index (χ3v) is 4.79. The van der Waals surface area contributed by atoms with E-state index in [0.29, 0.717) is 21.5 Å². The van der Waals surface area contributed by atoms with Crippen molar-refractivity contribution in [3.8, 4) is 0 Å². The van der Waals surface area contributed by atoms with Crippen molar-refractivity contribution in [1.82, 2.24) is 0 Å². The number of nitrogen functional groups attached to an aromatic ring is 1. The fourth-order valence-electron chi connectivity index (χ4n) is 1.70. The molecule has 0 aliphatic heterocycles. The predicted molar refractivity (Wildman–Crippen MR) is 91.4 cm³/mol. The zero-order valence-corrected chi connectivity index (χ0v) is 13.6. The Hall–Kier alpha value is -1.36. The number of rotatable bonds is 4. The van der Waals surface area contributed by atoms with Gasteiger partial charge in [-0.05, 0) is 42.8 Å². The van der Waals surface area contributed by atoms with Gasteiger partial charge in [0.1, 0.15) is 0 Å². The number of nitrogens with one attached hydrogen (secondary N) is 1. The standard InChI is InChI=1S/C15H14Cl2N2OS/c1-9-13(18)3-2-4-14(9)21-8-15(20)19-10-5-6-11(16)12(17)7-10/h2-7H,8,18H2,1H3,(H,19,20). The Morgan fingerprint density at radius 1 is 1.24 bits per heavy atom. The summed E-state index contributed by atoms with van der Waals surface area (Å²) in [5.41, 5.74) is 8.18. The van der Waals surface area contributed by atoms with Gasteiger partial charge in [0, 0.05) is 16.3 Å². The molecule has 0 radical (unpaired) electrons. The number of carbonyl (C=O) groups is 1. The number of hydrogen-bond acceptors (Lipinski definition) is 3. The zero-order chi connectivity index (χ0) is 15.4. The van der Waals surface area contributed by atoms with E-state index >= 15 is 0 Å². The minimum atomic E-state index is -0.111. The van der Waals surface area contributed by atoms with Crippen LogP contribution in [0.2, 0.25) is 10.0 Å². The highest BCUT2D eigenvalue weighted by Crippen LogP contribution is 2.27. The van der Waals surface area contributed by atoms with E-state index in [2.05, 4.69) is 5.32 Å². The van der Waals surface area contributed by atoms with Crippen molar-refractivity contribution in [2.75, 3.05) is 16.8 Å². The van der Waals surface area contributed by atoms with Crippen molar-refractivity contribution in [3.63, 3.8) is 0 Å². The molecule has 21 heavy (non-hydrogen) atoms. The van der Waals surface area contributed by atoms with E-state index in [1.807, 2.05) is 25.1 Å². The molecule has 0 atom stereocenters. The maximum Gasteiger partial charge on any atom is 0.234 e. The molecule has 0 aliphatic carbocycles. The molecule has 2 aromatic rings. The molecule has 0 aromatic heterocycles. The van der Waals surface area contributed by atoms with E-state index in [9.17, 15) is 4.79 Å². The predicted octanol–water partition coefficient (Wildman–Crippen LogP) is 4.61. The van der Waals surface area contributed by atoms with Crippen molar-refractivity contribution in [3.05, 3.63) is 52.0 Å². The average molecular weight is 341 g/mol. The minimum Gasteiger partial charge on any atom is -0.398 e. The second-order valence-electron chi connectivity index (χ2n) is 4.44. The molecule has 110 valence electrons. The number of amides is 1. The van der Waals surface area contributed by atoms with Crippen LogP contribution in [0.25, 0.3) is 0 Å². The largest absolute Gasteiger partial charge is 0.398 e. The van der Waals surface area contributed by atoms with Crippen LogP contribution in [0.4, 0.5) is 11.4 Å². The van der Waals surface area contributed by atoms with Crippen LogP contribution in [-0.2, 0) is 4.79 Å². The molecule has 0 fully saturated rings. The van der Waals surface area contributed by atoms with Crippen molar-refractivity contribution in [2.45, 2.75) is 11.8 Å². The summed E-state index contributed by atoms with van der Waals surface area (Å²) in [6.45, 7) is 1.94. The third kappa shape index (κ3) is 4.30. The molecule has 2 aromatic carbocycles. The summed E-state index contributed by atoms with van der Waals surface area (Å²) in [4.78, 5) is 12.9. The van der Waals surface area contributed by atoms with Crippen molar-refractivity contribution in [1.29, 1.82) is 0 Å². The lowest BCUT2D eigenvalue weighted by Crippen LogP contribution is -2.14. The Kier molecular flexibility index (Phi) is 5.39. The van der Waals surface area contributed by atoms with Gasteiger partial charge in [-0.25, -0.2) is 0 Å². The Balaban J connectivity index is 1.96. The normalized spacial score (nSPS) is 10.4. The van der Waals surface area contributed by atoms with Crippen LogP contribution in [0.3, 0.4) is 0 Å². The molecule has 0 heterocycles. The topological polar surface area (TPSA) is 55.1 Å². The first kappa shape index (κ1) is 16.0. The molecule has 0 saturated carbocycles. The van der Waals surface area contributed by atoms with Crippen molar-refractivity contribution < 1.29 is 4.79 Å². The first-order valence-corrected chi connectivity index (χ1v) is 7.94. The van der Waals surface area contributed by atoms with Gasteiger partial charge in [-0.2, -0.15) is 0 Å². The number of carbonyl (C=O) groups excluding carboxylic acids is 1. The van der Waals surface area contributed by atoms with Crippen LogP contribution in [0.5, 0.6) is 0 Å². The van der Waals surface area contributed by atoms with E-state index in [4.69, 9.17) is 28.9 Å². The highest BCUT2D eigenvalue weighted by Gasteiger charge is 2.08. The quantitative estimate of drug-likeness (QED) is 0.630. The molecule has 0 unspecified atom stereocenters. The number of benzene rings is 2. The number of nitrogens with two attached hydrogens (primary N) is 1. The maximum absolute atomic E-state index is 11.9. The van der Waals surface area contributed by atoms with Crippen molar-refractivity contribution >= 4 is 52.2 Å². The van der Waals surface area contributed by atoms with E-state index in [-0.39, 0.29) is 5.91 Å². The van der Waals surface area contributed by atoms with Crippen LogP contribution >= 0.6 is 35.0 Å². The van der Waals surface area contributed by atoms with Gasteiger partial charge in [-0.15, -0.1) is 11.8 Å². The lowest BCUT2D eigenvalue weighted by atomic mass is 10.2. The Labute approximate surface area is 137 Å². The molecule has 0 spiro atoms. The molecular formula is C15H14Cl2N2OS. The smallest absolute Gasteiger partial charge is 0.234 e. The molecule has 0 saturated heterocycles. The third-order valence-electron chi connectivity index (χ3n) is 2.89. The number of halogens is 2. The highest BCUT2D eigenvalue weighted by molar-refractivity contribution is 8.00. The fourth-order valence-corrected chi connectivity index (χ4v) is 2.87. The van der Waals surface area contributed by atoms with E-state index < -0.39 is 0 Å². The Morgan fingerprint density at radius 2 is 2.00 bits per heavy atom.